The molecular formula is C13H19N3S2. The molecule has 0 radical (unpaired) electrons. The van der Waals surface area contributed by atoms with Crippen LogP contribution in [0.15, 0.2) is 17.5 Å². The number of hydrogen-bond donors (Lipinski definition) is 1. The third-order valence-corrected chi connectivity index (χ3v) is 4.22. The van der Waals surface area contributed by atoms with Crippen molar-refractivity contribution in [2.24, 2.45) is 5.92 Å². The Balaban J connectivity index is 2.57. The van der Waals surface area contributed by atoms with E-state index in [1.165, 1.54) is 4.88 Å². The Bertz CT molecular complexity index is 549. The molecular weight excluding hydrogens is 262 g/mol. The molecule has 0 bridgehead atoms. The van der Waals surface area contributed by atoms with Gasteiger partial charge in [-0.2, -0.15) is 5.10 Å². The summed E-state index contributed by atoms with van der Waals surface area (Å²) < 4.78 is 2.89. The second-order valence-electron chi connectivity index (χ2n) is 5.12. The summed E-state index contributed by atoms with van der Waals surface area (Å²) in [5.74, 6) is 1.87. The zero-order chi connectivity index (χ0) is 13.3. The van der Waals surface area contributed by atoms with Crippen LogP contribution in [0.1, 0.15) is 50.4 Å². The predicted molar refractivity (Wildman–Crippen MR) is 78.8 cm³/mol. The van der Waals surface area contributed by atoms with Crippen LogP contribution in [0.25, 0.3) is 0 Å². The van der Waals surface area contributed by atoms with E-state index >= 15 is 0 Å². The third kappa shape index (κ3) is 2.42. The lowest BCUT2D eigenvalue weighted by Crippen LogP contribution is -2.19. The summed E-state index contributed by atoms with van der Waals surface area (Å²) in [7, 11) is 0. The Hall–Kier alpha value is -0.940. The van der Waals surface area contributed by atoms with Crippen LogP contribution in [0, 0.1) is 10.7 Å². The van der Waals surface area contributed by atoms with E-state index in [0.717, 1.165) is 5.82 Å². The van der Waals surface area contributed by atoms with Crippen LogP contribution >= 0.6 is 23.6 Å². The van der Waals surface area contributed by atoms with Crippen LogP contribution in [-0.2, 0) is 0 Å². The van der Waals surface area contributed by atoms with E-state index in [-0.39, 0.29) is 6.04 Å². The maximum absolute atomic E-state index is 5.41. The molecule has 1 N–H and O–H groups in total. The van der Waals surface area contributed by atoms with E-state index in [1.807, 2.05) is 0 Å². The van der Waals surface area contributed by atoms with Gasteiger partial charge in [-0.15, -0.1) is 11.3 Å². The predicted octanol–water partition coefficient (Wildman–Crippen LogP) is 4.37. The minimum absolute atomic E-state index is 0.272. The van der Waals surface area contributed by atoms with Crippen molar-refractivity contribution in [3.8, 4) is 0 Å². The smallest absolute Gasteiger partial charge is 0.195 e. The summed E-state index contributed by atoms with van der Waals surface area (Å²) in [4.78, 5) is 1.34. The van der Waals surface area contributed by atoms with Crippen molar-refractivity contribution < 1.29 is 0 Å². The Kier molecular flexibility index (Phi) is 4.02. The van der Waals surface area contributed by atoms with Crippen molar-refractivity contribution in [3.63, 3.8) is 0 Å². The lowest BCUT2D eigenvalue weighted by Gasteiger charge is -2.23. The molecule has 0 fully saturated rings. The molecule has 2 heterocycles. The Morgan fingerprint density at radius 2 is 2.06 bits per heavy atom. The Morgan fingerprint density at radius 1 is 1.33 bits per heavy atom. The zero-order valence-corrected chi connectivity index (χ0v) is 12.8. The molecule has 2 aromatic rings. The van der Waals surface area contributed by atoms with Crippen LogP contribution < -0.4 is 0 Å². The first-order chi connectivity index (χ1) is 8.52. The van der Waals surface area contributed by atoms with Crippen LogP contribution in [0.3, 0.4) is 0 Å². The van der Waals surface area contributed by atoms with Gasteiger partial charge in [0.25, 0.3) is 0 Å². The maximum Gasteiger partial charge on any atom is 0.195 e. The number of aromatic amines is 1. The highest BCUT2D eigenvalue weighted by molar-refractivity contribution is 7.71. The van der Waals surface area contributed by atoms with Gasteiger partial charge in [0.15, 0.2) is 4.77 Å². The van der Waals surface area contributed by atoms with E-state index < -0.39 is 0 Å². The van der Waals surface area contributed by atoms with Gasteiger partial charge in [0.05, 0.1) is 6.04 Å². The molecule has 0 spiro atoms. The normalized spacial score (nSPS) is 13.4. The van der Waals surface area contributed by atoms with Crippen molar-refractivity contribution in [3.05, 3.63) is 33.0 Å². The van der Waals surface area contributed by atoms with Crippen molar-refractivity contribution in [1.82, 2.24) is 14.8 Å². The summed E-state index contributed by atoms with van der Waals surface area (Å²) in [6, 6.07) is 4.54. The van der Waals surface area contributed by atoms with Gasteiger partial charge >= 0.3 is 0 Å². The molecule has 0 saturated carbocycles. The minimum Gasteiger partial charge on any atom is -0.295 e. The van der Waals surface area contributed by atoms with Gasteiger partial charge in [-0.05, 0) is 29.6 Å². The van der Waals surface area contributed by atoms with E-state index in [9.17, 15) is 0 Å². The Morgan fingerprint density at radius 3 is 2.56 bits per heavy atom. The number of rotatable bonds is 4. The summed E-state index contributed by atoms with van der Waals surface area (Å²) in [6.07, 6.45) is 0. The fourth-order valence-electron chi connectivity index (χ4n) is 2.21. The molecule has 98 valence electrons. The molecule has 1 atom stereocenters. The fourth-order valence-corrected chi connectivity index (χ4v) is 3.45. The number of H-pyrrole nitrogens is 1. The lowest BCUT2D eigenvalue weighted by atomic mass is 10.0. The molecule has 0 saturated heterocycles. The molecule has 0 aromatic carbocycles. The Labute approximate surface area is 117 Å². The number of nitrogens with zero attached hydrogens (tertiary/aromatic N) is 2. The molecule has 2 rings (SSSR count). The summed E-state index contributed by atoms with van der Waals surface area (Å²) >= 11 is 7.19. The monoisotopic (exact) mass is 281 g/mol. The van der Waals surface area contributed by atoms with Gasteiger partial charge in [-0.1, -0.05) is 33.8 Å². The SMILES string of the molecule is CC(C)c1n[nH]c(=S)n1C(c1cccs1)C(C)C. The zero-order valence-electron chi connectivity index (χ0n) is 11.2. The average molecular weight is 281 g/mol. The van der Waals surface area contributed by atoms with Crippen LogP contribution in [0.4, 0.5) is 0 Å². The number of aromatic nitrogens is 3. The molecule has 3 nitrogen and oxygen atoms in total. The van der Waals surface area contributed by atoms with Crippen LogP contribution in [0.2, 0.25) is 0 Å². The highest BCUT2D eigenvalue weighted by atomic mass is 32.1. The quantitative estimate of drug-likeness (QED) is 0.844. The average Bonchev–Trinajstić information content (AvgIpc) is 2.90. The van der Waals surface area contributed by atoms with E-state index in [4.69, 9.17) is 12.2 Å². The minimum atomic E-state index is 0.272. The first-order valence-corrected chi connectivity index (χ1v) is 7.51. The summed E-state index contributed by atoms with van der Waals surface area (Å²) in [6.45, 7) is 8.74. The highest BCUT2D eigenvalue weighted by Crippen LogP contribution is 2.32. The standard InChI is InChI=1S/C13H19N3S2/c1-8(2)11(10-6-5-7-18-10)16-12(9(3)4)14-15-13(16)17/h5-9,11H,1-4H3,(H,15,17). The van der Waals surface area contributed by atoms with Crippen molar-refractivity contribution in [1.29, 1.82) is 0 Å². The van der Waals surface area contributed by atoms with Gasteiger partial charge in [-0.3, -0.25) is 9.67 Å². The second kappa shape index (κ2) is 5.36. The van der Waals surface area contributed by atoms with Gasteiger partial charge in [0, 0.05) is 10.8 Å². The van der Waals surface area contributed by atoms with Crippen LogP contribution in [-0.4, -0.2) is 14.8 Å². The molecule has 18 heavy (non-hydrogen) atoms. The van der Waals surface area contributed by atoms with Crippen molar-refractivity contribution in [2.45, 2.75) is 39.7 Å². The first-order valence-electron chi connectivity index (χ1n) is 6.22. The lowest BCUT2D eigenvalue weighted by molar-refractivity contribution is 0.421. The molecule has 0 aliphatic heterocycles. The van der Waals surface area contributed by atoms with E-state index in [2.05, 4.69) is 60.0 Å². The van der Waals surface area contributed by atoms with Crippen molar-refractivity contribution in [2.75, 3.05) is 0 Å². The third-order valence-electron chi connectivity index (χ3n) is 2.99. The van der Waals surface area contributed by atoms with Crippen LogP contribution in [0.5, 0.6) is 0 Å². The number of nitrogens with one attached hydrogen (secondary N) is 1. The molecule has 5 heteroatoms. The topological polar surface area (TPSA) is 33.6 Å². The first kappa shape index (κ1) is 13.5. The fraction of sp³-hybridized carbons (Fsp3) is 0.538. The second-order valence-corrected chi connectivity index (χ2v) is 6.48. The van der Waals surface area contributed by atoms with E-state index in [0.29, 0.717) is 16.6 Å². The summed E-state index contributed by atoms with van der Waals surface area (Å²) in [5.41, 5.74) is 0. The highest BCUT2D eigenvalue weighted by Gasteiger charge is 2.24. The molecule has 1 unspecified atom stereocenters. The van der Waals surface area contributed by atoms with Gasteiger partial charge in [-0.25, -0.2) is 0 Å². The van der Waals surface area contributed by atoms with Gasteiger partial charge < -0.3 is 0 Å². The van der Waals surface area contributed by atoms with Gasteiger partial charge in [0.1, 0.15) is 5.82 Å². The maximum atomic E-state index is 5.41. The van der Waals surface area contributed by atoms with Gasteiger partial charge in [0.2, 0.25) is 0 Å². The van der Waals surface area contributed by atoms with Crippen molar-refractivity contribution >= 4 is 23.6 Å². The number of thiophene rings is 1. The molecule has 0 amide bonds. The molecule has 0 aliphatic rings. The molecule has 0 aliphatic carbocycles. The largest absolute Gasteiger partial charge is 0.295 e. The summed E-state index contributed by atoms with van der Waals surface area (Å²) in [5, 5.41) is 9.43. The van der Waals surface area contributed by atoms with E-state index in [1.54, 1.807) is 11.3 Å². The molecule has 2 aromatic heterocycles. The number of hydrogen-bond acceptors (Lipinski definition) is 3.